The Labute approximate surface area is 110 Å². The zero-order valence-electron chi connectivity index (χ0n) is 11.6. The van der Waals surface area contributed by atoms with Crippen molar-refractivity contribution in [3.8, 4) is 5.75 Å². The molecule has 0 aliphatic rings. The number of benzene rings is 1. The van der Waals surface area contributed by atoms with E-state index in [2.05, 4.69) is 6.92 Å². The van der Waals surface area contributed by atoms with Gasteiger partial charge in [-0.3, -0.25) is 4.79 Å². The van der Waals surface area contributed by atoms with Crippen molar-refractivity contribution in [3.05, 3.63) is 29.3 Å². The number of carbonyl (C=O) groups excluding carboxylic acids is 1. The van der Waals surface area contributed by atoms with Crippen LogP contribution in [0.25, 0.3) is 0 Å². The molecule has 1 rings (SSSR count). The van der Waals surface area contributed by atoms with Gasteiger partial charge in [0, 0.05) is 0 Å². The van der Waals surface area contributed by atoms with Crippen LogP contribution < -0.4 is 4.74 Å². The van der Waals surface area contributed by atoms with Crippen LogP contribution in [0.5, 0.6) is 5.75 Å². The highest BCUT2D eigenvalue weighted by Gasteiger charge is 2.02. The fourth-order valence-corrected chi connectivity index (χ4v) is 1.96. The Morgan fingerprint density at radius 1 is 1.11 bits per heavy atom. The normalized spacial score (nSPS) is 10.3. The van der Waals surface area contributed by atoms with Gasteiger partial charge in [0.25, 0.3) is 0 Å². The first-order valence-corrected chi connectivity index (χ1v) is 6.96. The van der Waals surface area contributed by atoms with Gasteiger partial charge in [-0.25, -0.2) is 0 Å². The SMILES string of the molecule is CCCCCCCCOc1ccc(C)cc1C=O. The first-order chi connectivity index (χ1) is 8.77. The topological polar surface area (TPSA) is 26.3 Å². The van der Waals surface area contributed by atoms with Crippen LogP contribution in [0.2, 0.25) is 0 Å². The molecule has 100 valence electrons. The van der Waals surface area contributed by atoms with Gasteiger partial charge in [0.2, 0.25) is 0 Å². The quantitative estimate of drug-likeness (QED) is 0.473. The number of hydrogen-bond acceptors (Lipinski definition) is 2. The van der Waals surface area contributed by atoms with Gasteiger partial charge in [0.15, 0.2) is 6.29 Å². The van der Waals surface area contributed by atoms with Crippen LogP contribution in [0.15, 0.2) is 18.2 Å². The molecule has 0 spiro atoms. The monoisotopic (exact) mass is 248 g/mol. The molecule has 0 heterocycles. The molecule has 0 saturated heterocycles. The van der Waals surface area contributed by atoms with E-state index < -0.39 is 0 Å². The highest BCUT2D eigenvalue weighted by molar-refractivity contribution is 5.79. The molecular weight excluding hydrogens is 224 g/mol. The van der Waals surface area contributed by atoms with Crippen LogP contribution in [-0.2, 0) is 0 Å². The lowest BCUT2D eigenvalue weighted by Gasteiger charge is -2.08. The third kappa shape index (κ3) is 5.35. The van der Waals surface area contributed by atoms with Crippen molar-refractivity contribution in [2.24, 2.45) is 0 Å². The van der Waals surface area contributed by atoms with Gasteiger partial charge in [-0.2, -0.15) is 0 Å². The summed E-state index contributed by atoms with van der Waals surface area (Å²) in [6.45, 7) is 4.90. The molecule has 2 heteroatoms. The molecule has 0 atom stereocenters. The Bertz CT molecular complexity index is 358. The van der Waals surface area contributed by atoms with E-state index in [-0.39, 0.29) is 0 Å². The first-order valence-electron chi connectivity index (χ1n) is 6.96. The number of aldehydes is 1. The summed E-state index contributed by atoms with van der Waals surface area (Å²) in [5.41, 5.74) is 1.74. The number of rotatable bonds is 9. The summed E-state index contributed by atoms with van der Waals surface area (Å²) in [6, 6.07) is 5.73. The largest absolute Gasteiger partial charge is 0.493 e. The minimum absolute atomic E-state index is 0.654. The van der Waals surface area contributed by atoms with Crippen LogP contribution in [0.4, 0.5) is 0 Å². The smallest absolute Gasteiger partial charge is 0.153 e. The zero-order chi connectivity index (χ0) is 13.2. The Hall–Kier alpha value is -1.31. The zero-order valence-corrected chi connectivity index (χ0v) is 11.6. The van der Waals surface area contributed by atoms with E-state index in [1.807, 2.05) is 25.1 Å². The number of carbonyl (C=O) groups is 1. The minimum Gasteiger partial charge on any atom is -0.493 e. The fraction of sp³-hybridized carbons (Fsp3) is 0.562. The maximum Gasteiger partial charge on any atom is 0.153 e. The van der Waals surface area contributed by atoms with Crippen LogP contribution in [-0.4, -0.2) is 12.9 Å². The maximum atomic E-state index is 10.9. The number of hydrogen-bond donors (Lipinski definition) is 0. The molecule has 1 aromatic carbocycles. The van der Waals surface area contributed by atoms with Crippen molar-refractivity contribution in [1.29, 1.82) is 0 Å². The summed E-state index contributed by atoms with van der Waals surface area (Å²) in [6.07, 6.45) is 8.35. The van der Waals surface area contributed by atoms with Crippen molar-refractivity contribution < 1.29 is 9.53 Å². The van der Waals surface area contributed by atoms with Crippen molar-refractivity contribution in [1.82, 2.24) is 0 Å². The second-order valence-electron chi connectivity index (χ2n) is 4.78. The lowest BCUT2D eigenvalue weighted by molar-refractivity contribution is 0.111. The van der Waals surface area contributed by atoms with E-state index in [0.29, 0.717) is 17.9 Å². The lowest BCUT2D eigenvalue weighted by Crippen LogP contribution is -2.00. The molecule has 0 unspecified atom stereocenters. The molecule has 0 radical (unpaired) electrons. The molecule has 0 fully saturated rings. The van der Waals surface area contributed by atoms with E-state index in [1.165, 1.54) is 32.1 Å². The number of ether oxygens (including phenoxy) is 1. The van der Waals surface area contributed by atoms with Gasteiger partial charge in [-0.15, -0.1) is 0 Å². The molecule has 0 N–H and O–H groups in total. The number of aryl methyl sites for hydroxylation is 1. The molecular formula is C16H24O2. The van der Waals surface area contributed by atoms with Gasteiger partial charge in [0.1, 0.15) is 5.75 Å². The molecule has 0 amide bonds. The minimum atomic E-state index is 0.654. The average Bonchev–Trinajstić information content (AvgIpc) is 2.39. The van der Waals surface area contributed by atoms with Crippen LogP contribution >= 0.6 is 0 Å². The molecule has 1 aromatic rings. The van der Waals surface area contributed by atoms with E-state index in [9.17, 15) is 4.79 Å². The van der Waals surface area contributed by atoms with E-state index in [4.69, 9.17) is 4.74 Å². The molecule has 18 heavy (non-hydrogen) atoms. The highest BCUT2D eigenvalue weighted by Crippen LogP contribution is 2.18. The Morgan fingerprint density at radius 2 is 1.83 bits per heavy atom. The van der Waals surface area contributed by atoms with E-state index >= 15 is 0 Å². The fourth-order valence-electron chi connectivity index (χ4n) is 1.96. The standard InChI is InChI=1S/C16H24O2/c1-3-4-5-6-7-8-11-18-16-10-9-14(2)12-15(16)13-17/h9-10,12-13H,3-8,11H2,1-2H3. The third-order valence-corrected chi connectivity index (χ3v) is 3.05. The maximum absolute atomic E-state index is 10.9. The molecule has 0 aliphatic carbocycles. The highest BCUT2D eigenvalue weighted by atomic mass is 16.5. The van der Waals surface area contributed by atoms with Crippen molar-refractivity contribution in [2.45, 2.75) is 52.4 Å². The number of unbranched alkanes of at least 4 members (excludes halogenated alkanes) is 5. The Morgan fingerprint density at radius 3 is 2.56 bits per heavy atom. The van der Waals surface area contributed by atoms with Crippen molar-refractivity contribution in [3.63, 3.8) is 0 Å². The predicted molar refractivity (Wildman–Crippen MR) is 75.4 cm³/mol. The van der Waals surface area contributed by atoms with Gasteiger partial charge in [-0.05, 0) is 25.5 Å². The summed E-state index contributed by atoms with van der Waals surface area (Å²) in [5, 5.41) is 0. The molecule has 0 saturated carbocycles. The summed E-state index contributed by atoms with van der Waals surface area (Å²) >= 11 is 0. The van der Waals surface area contributed by atoms with E-state index in [1.54, 1.807) is 0 Å². The molecule has 0 bridgehead atoms. The van der Waals surface area contributed by atoms with Crippen LogP contribution in [0.3, 0.4) is 0 Å². The molecule has 0 aliphatic heterocycles. The Balaban J connectivity index is 2.25. The summed E-state index contributed by atoms with van der Waals surface area (Å²) in [4.78, 5) is 10.9. The molecule has 2 nitrogen and oxygen atoms in total. The average molecular weight is 248 g/mol. The third-order valence-electron chi connectivity index (χ3n) is 3.05. The second kappa shape index (κ2) is 8.73. The molecule has 0 aromatic heterocycles. The van der Waals surface area contributed by atoms with Gasteiger partial charge < -0.3 is 4.74 Å². The van der Waals surface area contributed by atoms with Crippen molar-refractivity contribution >= 4 is 6.29 Å². The van der Waals surface area contributed by atoms with Crippen LogP contribution in [0.1, 0.15) is 61.4 Å². The lowest BCUT2D eigenvalue weighted by atomic mass is 10.1. The van der Waals surface area contributed by atoms with Gasteiger partial charge in [-0.1, -0.05) is 50.7 Å². The van der Waals surface area contributed by atoms with E-state index in [0.717, 1.165) is 18.3 Å². The van der Waals surface area contributed by atoms with Crippen molar-refractivity contribution in [2.75, 3.05) is 6.61 Å². The second-order valence-corrected chi connectivity index (χ2v) is 4.78. The first kappa shape index (κ1) is 14.7. The summed E-state index contributed by atoms with van der Waals surface area (Å²) < 4.78 is 5.66. The Kier molecular flexibility index (Phi) is 7.16. The van der Waals surface area contributed by atoms with Crippen LogP contribution in [0, 0.1) is 6.92 Å². The summed E-state index contributed by atoms with van der Waals surface area (Å²) in [5.74, 6) is 0.712. The van der Waals surface area contributed by atoms with Gasteiger partial charge >= 0.3 is 0 Å². The summed E-state index contributed by atoms with van der Waals surface area (Å²) in [7, 11) is 0. The van der Waals surface area contributed by atoms with Gasteiger partial charge in [0.05, 0.1) is 12.2 Å². The predicted octanol–water partition coefficient (Wildman–Crippen LogP) is 4.55.